The molecule has 2 aliphatic rings. The van der Waals surface area contributed by atoms with E-state index >= 15 is 0 Å². The van der Waals surface area contributed by atoms with Gasteiger partial charge in [0, 0.05) is 0 Å². The van der Waals surface area contributed by atoms with Crippen molar-refractivity contribution in [2.24, 2.45) is 0 Å². The first-order chi connectivity index (χ1) is 7.70. The Balaban J connectivity index is 1.99. The Morgan fingerprint density at radius 1 is 1.25 bits per heavy atom. The van der Waals surface area contributed by atoms with E-state index in [1.165, 1.54) is 16.7 Å². The molecule has 2 heteroatoms. The highest BCUT2D eigenvalue weighted by atomic mass is 16.5. The van der Waals surface area contributed by atoms with E-state index in [2.05, 4.69) is 12.6 Å². The average molecular weight is 210 g/mol. The van der Waals surface area contributed by atoms with E-state index in [1.807, 2.05) is 12.1 Å². The van der Waals surface area contributed by atoms with Gasteiger partial charge in [-0.15, -0.1) is 0 Å². The van der Waals surface area contributed by atoms with Crippen LogP contribution in [0.15, 0.2) is 30.4 Å². The summed E-state index contributed by atoms with van der Waals surface area (Å²) in [5.74, 6) is 0. The smallest absolute Gasteiger partial charge is 0.113 e. The summed E-state index contributed by atoms with van der Waals surface area (Å²) in [5.41, 5.74) is 4.78. The van der Waals surface area contributed by atoms with Crippen LogP contribution in [-0.2, 0) is 16.9 Å². The van der Waals surface area contributed by atoms with Gasteiger partial charge in [-0.1, -0.05) is 35.8 Å². The van der Waals surface area contributed by atoms with Crippen molar-refractivity contribution in [3.8, 4) is 0 Å². The van der Waals surface area contributed by atoms with E-state index in [0.29, 0.717) is 6.61 Å². The Morgan fingerprint density at radius 3 is 2.75 bits per heavy atom. The van der Waals surface area contributed by atoms with Gasteiger partial charge in [0.2, 0.25) is 0 Å². The number of fused-ring (bicyclic) bond motifs is 2. The molecule has 1 spiro atoms. The Labute approximate surface area is 97.9 Å². The number of allylic oxidation sites excluding steroid dienone is 1. The zero-order chi connectivity index (χ0) is 11.2. The SMILES string of the molecule is [B]c1ccc2c(c1)COC21CCC(=C)CC1. The van der Waals surface area contributed by atoms with Gasteiger partial charge >= 0.3 is 0 Å². The summed E-state index contributed by atoms with van der Waals surface area (Å²) < 4.78 is 6.06. The predicted octanol–water partition coefficient (Wildman–Crippen LogP) is 2.34. The van der Waals surface area contributed by atoms with Crippen LogP contribution in [0.25, 0.3) is 0 Å². The minimum Gasteiger partial charge on any atom is -0.366 e. The molecule has 1 aromatic carbocycles. The first-order valence-electron chi connectivity index (χ1n) is 5.89. The predicted molar refractivity (Wildman–Crippen MR) is 65.9 cm³/mol. The molecule has 0 unspecified atom stereocenters. The van der Waals surface area contributed by atoms with Crippen molar-refractivity contribution in [3.05, 3.63) is 41.5 Å². The lowest BCUT2D eigenvalue weighted by molar-refractivity contribution is -0.0570. The van der Waals surface area contributed by atoms with Gasteiger partial charge in [0.25, 0.3) is 0 Å². The van der Waals surface area contributed by atoms with E-state index < -0.39 is 0 Å². The molecule has 0 bridgehead atoms. The van der Waals surface area contributed by atoms with Crippen LogP contribution in [-0.4, -0.2) is 7.85 Å². The first kappa shape index (κ1) is 10.2. The maximum atomic E-state index is 6.06. The number of benzene rings is 1. The molecule has 1 fully saturated rings. The topological polar surface area (TPSA) is 9.23 Å². The molecule has 2 radical (unpaired) electrons. The molecule has 0 amide bonds. The minimum atomic E-state index is -0.0375. The van der Waals surface area contributed by atoms with Crippen LogP contribution in [0.3, 0.4) is 0 Å². The van der Waals surface area contributed by atoms with Gasteiger partial charge in [-0.3, -0.25) is 0 Å². The third-order valence-electron chi connectivity index (χ3n) is 3.89. The van der Waals surface area contributed by atoms with Crippen molar-refractivity contribution >= 4 is 13.3 Å². The van der Waals surface area contributed by atoms with E-state index in [4.69, 9.17) is 12.6 Å². The van der Waals surface area contributed by atoms with Crippen LogP contribution in [0.2, 0.25) is 0 Å². The Kier molecular flexibility index (Phi) is 2.22. The van der Waals surface area contributed by atoms with Crippen LogP contribution in [0.4, 0.5) is 0 Å². The van der Waals surface area contributed by atoms with E-state index in [9.17, 15) is 0 Å². The van der Waals surface area contributed by atoms with Crippen molar-refractivity contribution in [1.82, 2.24) is 0 Å². The summed E-state index contributed by atoms with van der Waals surface area (Å²) in [6.07, 6.45) is 4.32. The highest BCUT2D eigenvalue weighted by Crippen LogP contribution is 2.47. The van der Waals surface area contributed by atoms with Crippen molar-refractivity contribution in [2.45, 2.75) is 37.9 Å². The molecule has 1 saturated carbocycles. The normalized spacial score (nSPS) is 22.4. The Bertz CT molecular complexity index is 440. The highest BCUT2D eigenvalue weighted by Gasteiger charge is 2.41. The number of rotatable bonds is 0. The van der Waals surface area contributed by atoms with Gasteiger partial charge < -0.3 is 4.74 Å². The molecule has 1 nitrogen and oxygen atoms in total. The highest BCUT2D eigenvalue weighted by molar-refractivity contribution is 6.32. The summed E-state index contributed by atoms with van der Waals surface area (Å²) in [6.45, 7) is 4.78. The van der Waals surface area contributed by atoms with Crippen molar-refractivity contribution in [2.75, 3.05) is 0 Å². The third kappa shape index (κ3) is 1.44. The lowest BCUT2D eigenvalue weighted by Crippen LogP contribution is -2.28. The van der Waals surface area contributed by atoms with Crippen LogP contribution in [0.5, 0.6) is 0 Å². The quantitative estimate of drug-likeness (QED) is 0.471. The number of ether oxygens (including phenoxy) is 1. The maximum Gasteiger partial charge on any atom is 0.113 e. The fourth-order valence-electron chi connectivity index (χ4n) is 2.89. The van der Waals surface area contributed by atoms with Crippen molar-refractivity contribution in [1.29, 1.82) is 0 Å². The second-order valence-electron chi connectivity index (χ2n) is 4.95. The van der Waals surface area contributed by atoms with Gasteiger partial charge in [-0.25, -0.2) is 0 Å². The molecule has 3 rings (SSSR count). The molecular weight excluding hydrogens is 195 g/mol. The van der Waals surface area contributed by atoms with Gasteiger partial charge in [0.05, 0.1) is 12.2 Å². The van der Waals surface area contributed by atoms with E-state index in [1.54, 1.807) is 0 Å². The largest absolute Gasteiger partial charge is 0.366 e. The van der Waals surface area contributed by atoms with Gasteiger partial charge in [0.15, 0.2) is 0 Å². The summed E-state index contributed by atoms with van der Waals surface area (Å²) in [7, 11) is 5.80. The van der Waals surface area contributed by atoms with Crippen LogP contribution >= 0.6 is 0 Å². The molecule has 16 heavy (non-hydrogen) atoms. The second kappa shape index (κ2) is 3.49. The zero-order valence-electron chi connectivity index (χ0n) is 9.46. The summed E-state index contributed by atoms with van der Waals surface area (Å²) >= 11 is 0. The fraction of sp³-hybridized carbons (Fsp3) is 0.429. The lowest BCUT2D eigenvalue weighted by atomic mass is 9.77. The van der Waals surface area contributed by atoms with E-state index in [0.717, 1.165) is 31.1 Å². The van der Waals surface area contributed by atoms with Crippen LogP contribution < -0.4 is 5.46 Å². The van der Waals surface area contributed by atoms with Gasteiger partial charge in [-0.2, -0.15) is 0 Å². The number of hydrogen-bond donors (Lipinski definition) is 0. The second-order valence-corrected chi connectivity index (χ2v) is 4.95. The Hall–Kier alpha value is -1.02. The average Bonchev–Trinajstić information content (AvgIpc) is 2.62. The zero-order valence-corrected chi connectivity index (χ0v) is 9.46. The molecule has 1 aromatic rings. The van der Waals surface area contributed by atoms with Crippen LogP contribution in [0.1, 0.15) is 36.8 Å². The lowest BCUT2D eigenvalue weighted by Gasteiger charge is -2.34. The molecule has 0 N–H and O–H groups in total. The maximum absolute atomic E-state index is 6.06. The van der Waals surface area contributed by atoms with Gasteiger partial charge in [-0.05, 0) is 36.8 Å². The Morgan fingerprint density at radius 2 is 2.00 bits per heavy atom. The summed E-state index contributed by atoms with van der Waals surface area (Å²) in [4.78, 5) is 0. The first-order valence-corrected chi connectivity index (χ1v) is 5.89. The minimum absolute atomic E-state index is 0.0375. The summed E-state index contributed by atoms with van der Waals surface area (Å²) in [5, 5.41) is 0. The number of hydrogen-bond acceptors (Lipinski definition) is 1. The standard InChI is InChI=1S/C14H15BO/c1-10-4-6-14(7-5-10)13-3-2-12(15)8-11(13)9-16-14/h2-3,8H,1,4-7,9H2. The third-order valence-corrected chi connectivity index (χ3v) is 3.89. The monoisotopic (exact) mass is 210 g/mol. The molecule has 80 valence electrons. The molecular formula is C14H15BO. The molecule has 1 heterocycles. The van der Waals surface area contributed by atoms with Crippen molar-refractivity contribution in [3.63, 3.8) is 0 Å². The van der Waals surface area contributed by atoms with Crippen LogP contribution in [0, 0.1) is 0 Å². The molecule has 0 atom stereocenters. The molecule has 1 aliphatic heterocycles. The fourth-order valence-corrected chi connectivity index (χ4v) is 2.89. The molecule has 1 aliphatic carbocycles. The van der Waals surface area contributed by atoms with Crippen molar-refractivity contribution < 1.29 is 4.74 Å². The van der Waals surface area contributed by atoms with E-state index in [-0.39, 0.29) is 5.60 Å². The summed E-state index contributed by atoms with van der Waals surface area (Å²) in [6, 6.07) is 6.18. The molecule has 0 saturated heterocycles. The van der Waals surface area contributed by atoms with Gasteiger partial charge in [0.1, 0.15) is 7.85 Å². The molecule has 0 aromatic heterocycles.